The summed E-state index contributed by atoms with van der Waals surface area (Å²) >= 11 is 0. The zero-order chi connectivity index (χ0) is 18.1. The van der Waals surface area contributed by atoms with Gasteiger partial charge in [-0.15, -0.1) is 0 Å². The van der Waals surface area contributed by atoms with Crippen LogP contribution in [0.2, 0.25) is 0 Å². The average molecular weight is 342 g/mol. The summed E-state index contributed by atoms with van der Waals surface area (Å²) in [5, 5.41) is 6.72. The van der Waals surface area contributed by atoms with Gasteiger partial charge in [-0.05, 0) is 40.5 Å². The van der Waals surface area contributed by atoms with Crippen LogP contribution in [0.5, 0.6) is 0 Å². The Morgan fingerprint density at radius 3 is 2.71 bits per heavy atom. The van der Waals surface area contributed by atoms with Gasteiger partial charge in [-0.25, -0.2) is 9.18 Å². The fourth-order valence-corrected chi connectivity index (χ4v) is 2.89. The maximum Gasteiger partial charge on any atom is 0.407 e. The maximum atomic E-state index is 14.7. The summed E-state index contributed by atoms with van der Waals surface area (Å²) in [6, 6.07) is -0.672. The summed E-state index contributed by atoms with van der Waals surface area (Å²) in [5.41, 5.74) is 6.56. The van der Waals surface area contributed by atoms with E-state index in [1.165, 1.54) is 0 Å². The molecule has 1 aromatic rings. The molecule has 24 heavy (non-hydrogen) atoms. The van der Waals surface area contributed by atoms with E-state index >= 15 is 0 Å². The number of alkyl halides is 1. The number of carbonyl (C=O) groups is 1. The van der Waals surface area contributed by atoms with Crippen molar-refractivity contribution < 1.29 is 18.7 Å². The Balaban J connectivity index is 2.08. The zero-order valence-electron chi connectivity index (χ0n) is 14.9. The van der Waals surface area contributed by atoms with Gasteiger partial charge in [-0.3, -0.25) is 4.68 Å². The normalized spacial score (nSPS) is 28.2. The number of nitrogen functional groups attached to an aromatic ring is 1. The van der Waals surface area contributed by atoms with E-state index in [1.807, 2.05) is 0 Å². The third-order valence-electron chi connectivity index (χ3n) is 3.97. The minimum atomic E-state index is -1.34. The van der Waals surface area contributed by atoms with Crippen molar-refractivity contribution in [1.29, 1.82) is 0 Å². The predicted octanol–water partition coefficient (Wildman–Crippen LogP) is 2.47. The van der Waals surface area contributed by atoms with Crippen LogP contribution in [-0.2, 0) is 16.5 Å². The fourth-order valence-electron chi connectivity index (χ4n) is 2.89. The summed E-state index contributed by atoms with van der Waals surface area (Å²) in [5.74, 6) is 0. The predicted molar refractivity (Wildman–Crippen MR) is 88.2 cm³/mol. The molecule has 0 spiro atoms. The quantitative estimate of drug-likeness (QED) is 0.861. The van der Waals surface area contributed by atoms with E-state index in [1.54, 1.807) is 45.6 Å². The molecular formula is C16H27FN4O3. The molecule has 7 nitrogen and oxygen atoms in total. The smallest absolute Gasteiger partial charge is 0.407 e. The number of amides is 1. The third kappa shape index (κ3) is 4.37. The number of hydrogen-bond acceptors (Lipinski definition) is 5. The highest BCUT2D eigenvalue weighted by atomic mass is 19.1. The van der Waals surface area contributed by atoms with Crippen LogP contribution < -0.4 is 11.1 Å². The lowest BCUT2D eigenvalue weighted by Gasteiger charge is -2.26. The number of ether oxygens (including phenoxy) is 2. The topological polar surface area (TPSA) is 91.4 Å². The summed E-state index contributed by atoms with van der Waals surface area (Å²) in [6.07, 6.45) is -0.521. The lowest BCUT2D eigenvalue weighted by atomic mass is 10.0. The molecule has 8 heteroatoms. The Morgan fingerprint density at radius 1 is 1.50 bits per heavy atom. The van der Waals surface area contributed by atoms with Crippen LogP contribution >= 0.6 is 0 Å². The molecule has 0 unspecified atom stereocenters. The lowest BCUT2D eigenvalue weighted by Crippen LogP contribution is -2.46. The molecule has 0 bridgehead atoms. The van der Waals surface area contributed by atoms with Gasteiger partial charge in [0.1, 0.15) is 17.9 Å². The molecule has 0 radical (unpaired) electrons. The molecular weight excluding hydrogens is 315 g/mol. The highest BCUT2D eigenvalue weighted by Gasteiger charge is 2.37. The first-order valence-electron chi connectivity index (χ1n) is 8.15. The molecule has 2 heterocycles. The van der Waals surface area contributed by atoms with Crippen molar-refractivity contribution in [2.75, 3.05) is 5.73 Å². The van der Waals surface area contributed by atoms with Crippen LogP contribution in [0, 0.1) is 0 Å². The van der Waals surface area contributed by atoms with E-state index in [-0.39, 0.29) is 6.10 Å². The van der Waals surface area contributed by atoms with Gasteiger partial charge < -0.3 is 20.5 Å². The number of anilines is 1. The largest absolute Gasteiger partial charge is 0.444 e. The number of alkyl carbamates (subject to hydrolysis) is 1. The highest BCUT2D eigenvalue weighted by Crippen LogP contribution is 2.34. The van der Waals surface area contributed by atoms with Crippen LogP contribution in [0.4, 0.5) is 14.9 Å². The second kappa shape index (κ2) is 6.96. The molecule has 1 aromatic heterocycles. The summed E-state index contributed by atoms with van der Waals surface area (Å²) < 4.78 is 27.3. The minimum Gasteiger partial charge on any atom is -0.444 e. The van der Waals surface area contributed by atoms with Gasteiger partial charge in [0, 0.05) is 7.05 Å². The summed E-state index contributed by atoms with van der Waals surface area (Å²) in [7, 11) is 1.77. The molecule has 1 fully saturated rings. The number of nitrogens with one attached hydrogen (secondary N) is 1. The van der Waals surface area contributed by atoms with Gasteiger partial charge in [0.2, 0.25) is 0 Å². The molecule has 0 aromatic carbocycles. The van der Waals surface area contributed by atoms with Crippen molar-refractivity contribution in [2.45, 2.75) is 70.6 Å². The number of halogens is 1. The van der Waals surface area contributed by atoms with Gasteiger partial charge >= 0.3 is 6.09 Å². The number of rotatable bonds is 2. The Hall–Kier alpha value is -1.83. The van der Waals surface area contributed by atoms with Crippen molar-refractivity contribution in [3.05, 3.63) is 11.9 Å². The Labute approximate surface area is 141 Å². The molecule has 0 saturated carbocycles. The zero-order valence-corrected chi connectivity index (χ0v) is 14.9. The van der Waals surface area contributed by atoms with Crippen LogP contribution in [0.1, 0.15) is 52.3 Å². The molecule has 1 amide bonds. The molecule has 2 rings (SSSR count). The van der Waals surface area contributed by atoms with Crippen molar-refractivity contribution in [3.63, 3.8) is 0 Å². The second-order valence-electron chi connectivity index (χ2n) is 7.21. The molecule has 136 valence electrons. The number of aromatic nitrogens is 2. The molecule has 3 N–H and O–H groups in total. The first kappa shape index (κ1) is 18.5. The molecule has 1 aliphatic rings. The molecule has 0 aliphatic carbocycles. The van der Waals surface area contributed by atoms with Crippen molar-refractivity contribution in [3.8, 4) is 0 Å². The second-order valence-corrected chi connectivity index (χ2v) is 7.21. The van der Waals surface area contributed by atoms with Crippen LogP contribution in [0.15, 0.2) is 6.20 Å². The highest BCUT2D eigenvalue weighted by molar-refractivity contribution is 5.68. The number of carbonyl (C=O) groups excluding carboxylic acids is 1. The number of hydrogen-bond donors (Lipinski definition) is 2. The van der Waals surface area contributed by atoms with Gasteiger partial charge in [0.25, 0.3) is 0 Å². The Bertz CT molecular complexity index is 565. The van der Waals surface area contributed by atoms with Crippen LogP contribution in [0.25, 0.3) is 0 Å². The molecule has 1 saturated heterocycles. The number of aryl methyl sites for hydroxylation is 1. The lowest BCUT2D eigenvalue weighted by molar-refractivity contribution is -0.0384. The SMILES string of the molecule is C[C@@H]1O[C@H](c2c(N)cnn2C)CC[C@@H](NC(=O)OC(C)(C)C)[C@@H]1F. The first-order valence-corrected chi connectivity index (χ1v) is 8.15. The van der Waals surface area contributed by atoms with Crippen LogP contribution in [-0.4, -0.2) is 39.8 Å². The minimum absolute atomic E-state index is 0.365. The first-order chi connectivity index (χ1) is 11.1. The third-order valence-corrected chi connectivity index (χ3v) is 3.97. The van der Waals surface area contributed by atoms with Gasteiger partial charge in [-0.2, -0.15) is 5.10 Å². The standard InChI is InChI=1S/C16H27FN4O3/c1-9-13(17)11(20-15(22)24-16(2,3)4)6-7-12(23-9)14-10(18)8-19-21(14)5/h8-9,11-13H,6-7,18H2,1-5H3,(H,20,22)/t9-,11+,12-,13+/m0/s1. The van der Waals surface area contributed by atoms with Gasteiger partial charge in [-0.1, -0.05) is 0 Å². The van der Waals surface area contributed by atoms with Crippen molar-refractivity contribution >= 4 is 11.8 Å². The molecule has 1 aliphatic heterocycles. The van der Waals surface area contributed by atoms with Crippen molar-refractivity contribution in [1.82, 2.24) is 15.1 Å². The van der Waals surface area contributed by atoms with E-state index in [9.17, 15) is 9.18 Å². The summed E-state index contributed by atoms with van der Waals surface area (Å²) in [4.78, 5) is 11.9. The summed E-state index contributed by atoms with van der Waals surface area (Å²) in [6.45, 7) is 6.94. The monoisotopic (exact) mass is 342 g/mol. The van der Waals surface area contributed by atoms with E-state index in [4.69, 9.17) is 15.2 Å². The van der Waals surface area contributed by atoms with Crippen molar-refractivity contribution in [2.24, 2.45) is 7.05 Å². The van der Waals surface area contributed by atoms with E-state index in [2.05, 4.69) is 10.4 Å². The van der Waals surface area contributed by atoms with E-state index in [0.29, 0.717) is 18.5 Å². The van der Waals surface area contributed by atoms with Gasteiger partial charge in [0.05, 0.1) is 29.7 Å². The molecule has 4 atom stereocenters. The van der Waals surface area contributed by atoms with E-state index < -0.39 is 30.0 Å². The van der Waals surface area contributed by atoms with Crippen LogP contribution in [0.3, 0.4) is 0 Å². The average Bonchev–Trinajstić information content (AvgIpc) is 2.71. The number of nitrogens with two attached hydrogens (primary N) is 1. The van der Waals surface area contributed by atoms with Gasteiger partial charge in [0.15, 0.2) is 0 Å². The maximum absolute atomic E-state index is 14.7. The Kier molecular flexibility index (Phi) is 5.37. The fraction of sp³-hybridized carbons (Fsp3) is 0.750. The van der Waals surface area contributed by atoms with E-state index in [0.717, 1.165) is 5.69 Å². The Morgan fingerprint density at radius 2 is 2.17 bits per heavy atom. The number of nitrogens with zero attached hydrogens (tertiary/aromatic N) is 2.